The minimum atomic E-state index is -1.06. The van der Waals surface area contributed by atoms with Gasteiger partial charge < -0.3 is 15.3 Å². The van der Waals surface area contributed by atoms with Crippen molar-refractivity contribution in [2.45, 2.75) is 54.9 Å². The summed E-state index contributed by atoms with van der Waals surface area (Å²) in [5, 5.41) is 14.1. The van der Waals surface area contributed by atoms with E-state index in [1.54, 1.807) is 0 Å². The minimum Gasteiger partial charge on any atom is -0.394 e. The van der Waals surface area contributed by atoms with Crippen molar-refractivity contribution in [2.24, 2.45) is 5.41 Å². The summed E-state index contributed by atoms with van der Waals surface area (Å²) in [5.41, 5.74) is 2.34. The van der Waals surface area contributed by atoms with Gasteiger partial charge in [0.05, 0.1) is 28.6 Å². The smallest absolute Gasteiger partial charge is 0.227 e. The van der Waals surface area contributed by atoms with E-state index < -0.39 is 10.8 Å². The lowest BCUT2D eigenvalue weighted by atomic mass is 9.56. The summed E-state index contributed by atoms with van der Waals surface area (Å²) >= 11 is 6.02. The molecule has 2 saturated carbocycles. The van der Waals surface area contributed by atoms with Gasteiger partial charge in [0.2, 0.25) is 5.95 Å². The van der Waals surface area contributed by atoms with Gasteiger partial charge in [0.15, 0.2) is 0 Å². The molecule has 6 rings (SSSR count). The number of nitrogens with zero attached hydrogens (tertiary/aromatic N) is 3. The number of aliphatic hydroxyl groups is 1. The van der Waals surface area contributed by atoms with E-state index in [4.69, 9.17) is 21.6 Å². The van der Waals surface area contributed by atoms with Crippen LogP contribution in [0.5, 0.6) is 0 Å². The van der Waals surface area contributed by atoms with Crippen LogP contribution < -0.4 is 10.2 Å². The summed E-state index contributed by atoms with van der Waals surface area (Å²) < 4.78 is 12.6. The highest BCUT2D eigenvalue weighted by molar-refractivity contribution is 7.85. The lowest BCUT2D eigenvalue weighted by Crippen LogP contribution is -2.62. The van der Waals surface area contributed by atoms with Gasteiger partial charge in [0.1, 0.15) is 10.7 Å². The maximum Gasteiger partial charge on any atom is 0.227 e. The number of benzene rings is 1. The number of hydrogen-bond donors (Lipinski definition) is 2. The first kappa shape index (κ1) is 19.9. The van der Waals surface area contributed by atoms with Gasteiger partial charge in [-0.1, -0.05) is 23.7 Å². The normalized spacial score (nSPS) is 25.5. The Morgan fingerprint density at radius 2 is 1.94 bits per heavy atom. The van der Waals surface area contributed by atoms with E-state index >= 15 is 0 Å². The van der Waals surface area contributed by atoms with E-state index in [-0.39, 0.29) is 12.1 Å². The molecule has 31 heavy (non-hydrogen) atoms. The summed E-state index contributed by atoms with van der Waals surface area (Å²) in [6.45, 7) is 2.03. The number of rotatable bonds is 5. The van der Waals surface area contributed by atoms with Crippen LogP contribution in [0.3, 0.4) is 0 Å². The standard InChI is InChI=1S/C23H27ClN4O2S/c24-17-4-2-15(3-5-17)16-10-22(11-16)12-28(13-22)21-25-18-6-9-31(30)19(18)20(26-21)27-23(14-29)7-1-8-23/h2-5,16,29H,1,6-14H2,(H,25,26,27)/t31-/m0/s1. The van der Waals surface area contributed by atoms with Crippen molar-refractivity contribution in [1.82, 2.24) is 9.97 Å². The Bertz CT molecular complexity index is 1040. The van der Waals surface area contributed by atoms with Crippen LogP contribution in [0, 0.1) is 5.41 Å². The molecule has 2 aliphatic heterocycles. The highest BCUT2D eigenvalue weighted by Crippen LogP contribution is 2.56. The zero-order valence-corrected chi connectivity index (χ0v) is 19.0. The third-order valence-electron chi connectivity index (χ3n) is 7.71. The number of aryl methyl sites for hydroxylation is 1. The first-order valence-corrected chi connectivity index (χ1v) is 12.9. The van der Waals surface area contributed by atoms with E-state index in [1.807, 2.05) is 12.1 Å². The highest BCUT2D eigenvalue weighted by Gasteiger charge is 2.53. The lowest BCUT2D eigenvalue weighted by molar-refractivity contribution is 0.0620. The van der Waals surface area contributed by atoms with Crippen molar-refractivity contribution in [3.8, 4) is 0 Å². The second kappa shape index (κ2) is 7.15. The topological polar surface area (TPSA) is 78.4 Å². The lowest BCUT2D eigenvalue weighted by Gasteiger charge is -2.59. The summed E-state index contributed by atoms with van der Waals surface area (Å²) in [4.78, 5) is 12.6. The second-order valence-electron chi connectivity index (χ2n) is 9.88. The number of hydrogen-bond acceptors (Lipinski definition) is 6. The molecule has 2 aliphatic carbocycles. The van der Waals surface area contributed by atoms with Gasteiger partial charge >= 0.3 is 0 Å². The number of anilines is 2. The van der Waals surface area contributed by atoms with Crippen LogP contribution in [0.15, 0.2) is 29.2 Å². The Labute approximate surface area is 189 Å². The van der Waals surface area contributed by atoms with Gasteiger partial charge in [-0.2, -0.15) is 4.98 Å². The van der Waals surface area contributed by atoms with Crippen molar-refractivity contribution in [3.05, 3.63) is 40.5 Å². The van der Waals surface area contributed by atoms with Crippen molar-refractivity contribution in [1.29, 1.82) is 0 Å². The molecule has 1 aromatic heterocycles. The second-order valence-corrected chi connectivity index (χ2v) is 11.8. The van der Waals surface area contributed by atoms with Gasteiger partial charge in [-0.15, -0.1) is 0 Å². The number of aliphatic hydroxyl groups excluding tert-OH is 1. The zero-order valence-electron chi connectivity index (χ0n) is 17.4. The van der Waals surface area contributed by atoms with Crippen LogP contribution in [0.2, 0.25) is 5.02 Å². The SMILES string of the molecule is O=[S@]1CCc2nc(N3CC4(CC(c5ccc(Cl)cc5)C4)C3)nc(NC3(CO)CCC3)c21. The molecule has 3 fully saturated rings. The van der Waals surface area contributed by atoms with Crippen molar-refractivity contribution >= 4 is 34.2 Å². The Hall–Kier alpha value is -1.70. The fourth-order valence-corrected chi connectivity index (χ4v) is 7.14. The fourth-order valence-electron chi connectivity index (χ4n) is 5.71. The van der Waals surface area contributed by atoms with Crippen molar-refractivity contribution < 1.29 is 9.32 Å². The van der Waals surface area contributed by atoms with Gasteiger partial charge in [-0.3, -0.25) is 4.21 Å². The first-order chi connectivity index (χ1) is 15.0. The summed E-state index contributed by atoms with van der Waals surface area (Å²) in [7, 11) is -1.06. The van der Waals surface area contributed by atoms with Crippen LogP contribution in [-0.2, 0) is 17.2 Å². The van der Waals surface area contributed by atoms with Gasteiger partial charge in [-0.05, 0) is 55.7 Å². The molecule has 8 heteroatoms. The molecule has 2 N–H and O–H groups in total. The predicted molar refractivity (Wildman–Crippen MR) is 122 cm³/mol. The molecule has 3 heterocycles. The van der Waals surface area contributed by atoms with E-state index in [1.165, 1.54) is 18.4 Å². The molecule has 4 aliphatic rings. The molecule has 164 valence electrons. The minimum absolute atomic E-state index is 0.0760. The van der Waals surface area contributed by atoms with Crippen LogP contribution in [0.1, 0.15) is 49.3 Å². The molecule has 1 saturated heterocycles. The monoisotopic (exact) mass is 458 g/mol. The molecule has 6 nitrogen and oxygen atoms in total. The Balaban J connectivity index is 1.18. The number of fused-ring (bicyclic) bond motifs is 1. The van der Waals surface area contributed by atoms with Crippen LogP contribution >= 0.6 is 11.6 Å². The first-order valence-electron chi connectivity index (χ1n) is 11.2. The quantitative estimate of drug-likeness (QED) is 0.714. The van der Waals surface area contributed by atoms with E-state index in [9.17, 15) is 9.32 Å². The molecule has 0 amide bonds. The summed E-state index contributed by atoms with van der Waals surface area (Å²) in [6.07, 6.45) is 6.06. The largest absolute Gasteiger partial charge is 0.394 e. The van der Waals surface area contributed by atoms with Crippen molar-refractivity contribution in [2.75, 3.05) is 35.7 Å². The Morgan fingerprint density at radius 1 is 1.19 bits per heavy atom. The maximum absolute atomic E-state index is 12.6. The zero-order chi connectivity index (χ0) is 21.2. The maximum atomic E-state index is 12.6. The third-order valence-corrected chi connectivity index (χ3v) is 9.42. The molecule has 2 aromatic rings. The molecule has 1 atom stereocenters. The molecule has 0 radical (unpaired) electrons. The molecular weight excluding hydrogens is 432 g/mol. The van der Waals surface area contributed by atoms with Gasteiger partial charge in [-0.25, -0.2) is 4.98 Å². The molecular formula is C23H27ClN4O2S. The molecule has 1 spiro atoms. The number of nitrogens with one attached hydrogen (secondary N) is 1. The van der Waals surface area contributed by atoms with Gasteiger partial charge in [0, 0.05) is 35.7 Å². The molecule has 1 aromatic carbocycles. The number of halogens is 1. The van der Waals surface area contributed by atoms with Crippen LogP contribution in [0.25, 0.3) is 0 Å². The predicted octanol–water partition coefficient (Wildman–Crippen LogP) is 3.50. The van der Waals surface area contributed by atoms with E-state index in [0.717, 1.165) is 60.3 Å². The third kappa shape index (κ3) is 3.28. The number of aromatic nitrogens is 2. The van der Waals surface area contributed by atoms with E-state index in [2.05, 4.69) is 22.3 Å². The summed E-state index contributed by atoms with van der Waals surface area (Å²) in [5.74, 6) is 2.65. The fraction of sp³-hybridized carbons (Fsp3) is 0.565. The Morgan fingerprint density at radius 3 is 2.58 bits per heavy atom. The average molecular weight is 459 g/mol. The average Bonchev–Trinajstić information content (AvgIpc) is 3.05. The highest BCUT2D eigenvalue weighted by atomic mass is 35.5. The summed E-state index contributed by atoms with van der Waals surface area (Å²) in [6, 6.07) is 8.25. The van der Waals surface area contributed by atoms with Crippen molar-refractivity contribution in [3.63, 3.8) is 0 Å². The molecule has 0 unspecified atom stereocenters. The van der Waals surface area contributed by atoms with Crippen LogP contribution in [0.4, 0.5) is 11.8 Å². The van der Waals surface area contributed by atoms with Crippen LogP contribution in [-0.4, -0.2) is 50.3 Å². The Kier molecular flexibility index (Phi) is 4.60. The van der Waals surface area contributed by atoms with E-state index in [0.29, 0.717) is 22.9 Å². The van der Waals surface area contributed by atoms with Gasteiger partial charge in [0.25, 0.3) is 0 Å². The molecule has 0 bridgehead atoms.